The normalized spacial score (nSPS) is 11.2. The van der Waals surface area contributed by atoms with Crippen molar-refractivity contribution in [1.82, 2.24) is 0 Å². The molecule has 0 unspecified atom stereocenters. The van der Waals surface area contributed by atoms with Crippen LogP contribution >= 0.6 is 0 Å². The lowest BCUT2D eigenvalue weighted by atomic mass is 10.1. The first-order chi connectivity index (χ1) is 8.43. The van der Waals surface area contributed by atoms with Crippen molar-refractivity contribution in [2.75, 3.05) is 10.5 Å². The van der Waals surface area contributed by atoms with Crippen LogP contribution in [-0.2, 0) is 21.2 Å². The molecule has 0 spiro atoms. The molecule has 0 radical (unpaired) electrons. The SMILES string of the molecule is CCCCS(=O)(=O)Nc1cccc(CC(=O)O)c1. The van der Waals surface area contributed by atoms with Crippen LogP contribution in [0.4, 0.5) is 5.69 Å². The highest BCUT2D eigenvalue weighted by Gasteiger charge is 2.10. The fraction of sp³-hybridized carbons (Fsp3) is 0.417. The maximum Gasteiger partial charge on any atom is 0.307 e. The van der Waals surface area contributed by atoms with Gasteiger partial charge in [0.2, 0.25) is 10.0 Å². The van der Waals surface area contributed by atoms with Gasteiger partial charge in [0.15, 0.2) is 0 Å². The topological polar surface area (TPSA) is 83.5 Å². The zero-order chi connectivity index (χ0) is 13.6. The number of sulfonamides is 1. The number of hydrogen-bond donors (Lipinski definition) is 2. The van der Waals surface area contributed by atoms with Crippen molar-refractivity contribution in [3.63, 3.8) is 0 Å². The van der Waals surface area contributed by atoms with E-state index in [1.165, 1.54) is 6.07 Å². The summed E-state index contributed by atoms with van der Waals surface area (Å²) in [6.45, 7) is 1.92. The zero-order valence-corrected chi connectivity index (χ0v) is 11.0. The highest BCUT2D eigenvalue weighted by atomic mass is 32.2. The van der Waals surface area contributed by atoms with Crippen LogP contribution in [-0.4, -0.2) is 25.2 Å². The van der Waals surface area contributed by atoms with Crippen LogP contribution in [0.2, 0.25) is 0 Å². The number of benzene rings is 1. The lowest BCUT2D eigenvalue weighted by Crippen LogP contribution is -2.16. The van der Waals surface area contributed by atoms with Gasteiger partial charge < -0.3 is 5.11 Å². The van der Waals surface area contributed by atoms with E-state index >= 15 is 0 Å². The maximum atomic E-state index is 11.7. The number of carboxylic acid groups (broad SMARTS) is 1. The van der Waals surface area contributed by atoms with Gasteiger partial charge in [0, 0.05) is 5.69 Å². The molecule has 100 valence electrons. The van der Waals surface area contributed by atoms with Crippen LogP contribution in [0, 0.1) is 0 Å². The summed E-state index contributed by atoms with van der Waals surface area (Å²) >= 11 is 0. The summed E-state index contributed by atoms with van der Waals surface area (Å²) in [7, 11) is -3.34. The summed E-state index contributed by atoms with van der Waals surface area (Å²) in [6, 6.07) is 6.43. The number of nitrogens with one attached hydrogen (secondary N) is 1. The third-order valence-electron chi connectivity index (χ3n) is 2.32. The molecule has 18 heavy (non-hydrogen) atoms. The van der Waals surface area contributed by atoms with Crippen LogP contribution in [0.1, 0.15) is 25.3 Å². The number of anilines is 1. The van der Waals surface area contributed by atoms with Crippen LogP contribution in [0.5, 0.6) is 0 Å². The van der Waals surface area contributed by atoms with Crippen molar-refractivity contribution in [1.29, 1.82) is 0 Å². The van der Waals surface area contributed by atoms with Gasteiger partial charge in [0.1, 0.15) is 0 Å². The van der Waals surface area contributed by atoms with Gasteiger partial charge in [-0.05, 0) is 24.1 Å². The molecule has 0 fully saturated rings. The average molecular weight is 271 g/mol. The van der Waals surface area contributed by atoms with E-state index in [-0.39, 0.29) is 12.2 Å². The Hall–Kier alpha value is -1.56. The summed E-state index contributed by atoms with van der Waals surface area (Å²) < 4.78 is 25.8. The molecule has 0 atom stereocenters. The Morgan fingerprint density at radius 2 is 2.11 bits per heavy atom. The molecular weight excluding hydrogens is 254 g/mol. The number of carbonyl (C=O) groups is 1. The smallest absolute Gasteiger partial charge is 0.307 e. The fourth-order valence-corrected chi connectivity index (χ4v) is 2.74. The summed E-state index contributed by atoms with van der Waals surface area (Å²) in [6.07, 6.45) is 1.29. The fourth-order valence-electron chi connectivity index (χ4n) is 1.48. The number of carboxylic acids is 1. The average Bonchev–Trinajstić information content (AvgIpc) is 2.25. The van der Waals surface area contributed by atoms with E-state index in [0.717, 1.165) is 6.42 Å². The van der Waals surface area contributed by atoms with Gasteiger partial charge in [-0.2, -0.15) is 0 Å². The number of unbranched alkanes of at least 4 members (excludes halogenated alkanes) is 1. The lowest BCUT2D eigenvalue weighted by Gasteiger charge is -2.08. The second kappa shape index (κ2) is 6.39. The van der Waals surface area contributed by atoms with Gasteiger partial charge in [0.05, 0.1) is 12.2 Å². The number of rotatable bonds is 7. The van der Waals surface area contributed by atoms with E-state index < -0.39 is 16.0 Å². The number of aliphatic carboxylic acids is 1. The van der Waals surface area contributed by atoms with E-state index in [2.05, 4.69) is 4.72 Å². The van der Waals surface area contributed by atoms with Crippen molar-refractivity contribution >= 4 is 21.7 Å². The highest BCUT2D eigenvalue weighted by Crippen LogP contribution is 2.13. The molecule has 1 aromatic rings. The molecule has 0 aromatic heterocycles. The molecule has 6 heteroatoms. The minimum absolute atomic E-state index is 0.0760. The third kappa shape index (κ3) is 5.18. The second-order valence-corrected chi connectivity index (χ2v) is 5.89. The standard InChI is InChI=1S/C12H17NO4S/c1-2-3-7-18(16,17)13-11-6-4-5-10(8-11)9-12(14)15/h4-6,8,13H,2-3,7,9H2,1H3,(H,14,15). The summed E-state index contributed by atoms with van der Waals surface area (Å²) in [5.74, 6) is -0.867. The Labute approximate surface area is 107 Å². The van der Waals surface area contributed by atoms with E-state index in [9.17, 15) is 13.2 Å². The minimum Gasteiger partial charge on any atom is -0.481 e. The molecular formula is C12H17NO4S. The van der Waals surface area contributed by atoms with E-state index in [0.29, 0.717) is 17.7 Å². The van der Waals surface area contributed by atoms with Crippen LogP contribution < -0.4 is 4.72 Å². The molecule has 0 aliphatic rings. The molecule has 0 aliphatic carbocycles. The maximum absolute atomic E-state index is 11.7. The predicted molar refractivity (Wildman–Crippen MR) is 70.1 cm³/mol. The molecule has 2 N–H and O–H groups in total. The molecule has 0 saturated carbocycles. The minimum atomic E-state index is -3.34. The largest absolute Gasteiger partial charge is 0.481 e. The Morgan fingerprint density at radius 3 is 2.72 bits per heavy atom. The van der Waals surface area contributed by atoms with Gasteiger partial charge >= 0.3 is 5.97 Å². The molecule has 0 aliphatic heterocycles. The molecule has 1 rings (SSSR count). The first-order valence-electron chi connectivity index (χ1n) is 5.74. The van der Waals surface area contributed by atoms with Gasteiger partial charge in [-0.1, -0.05) is 25.5 Å². The summed E-state index contributed by atoms with van der Waals surface area (Å²) in [5.41, 5.74) is 0.975. The Morgan fingerprint density at radius 1 is 1.39 bits per heavy atom. The molecule has 1 aromatic carbocycles. The van der Waals surface area contributed by atoms with Crippen molar-refractivity contribution in [3.8, 4) is 0 Å². The van der Waals surface area contributed by atoms with Crippen LogP contribution in [0.3, 0.4) is 0 Å². The van der Waals surface area contributed by atoms with E-state index in [1.807, 2.05) is 6.92 Å². The second-order valence-electron chi connectivity index (χ2n) is 4.05. The molecule has 0 bridgehead atoms. The zero-order valence-electron chi connectivity index (χ0n) is 10.2. The summed E-state index contributed by atoms with van der Waals surface area (Å²) in [4.78, 5) is 10.6. The van der Waals surface area contributed by atoms with E-state index in [1.54, 1.807) is 18.2 Å². The predicted octanol–water partition coefficient (Wildman–Crippen LogP) is 1.86. The van der Waals surface area contributed by atoms with E-state index in [4.69, 9.17) is 5.11 Å². The summed E-state index contributed by atoms with van der Waals surface area (Å²) in [5, 5.41) is 8.67. The Balaban J connectivity index is 2.75. The molecule has 0 heterocycles. The van der Waals surface area contributed by atoms with Gasteiger partial charge in [-0.15, -0.1) is 0 Å². The van der Waals surface area contributed by atoms with Gasteiger partial charge in [-0.25, -0.2) is 8.42 Å². The van der Waals surface area contributed by atoms with Gasteiger partial charge in [-0.3, -0.25) is 9.52 Å². The highest BCUT2D eigenvalue weighted by molar-refractivity contribution is 7.92. The monoisotopic (exact) mass is 271 g/mol. The van der Waals surface area contributed by atoms with Crippen LogP contribution in [0.15, 0.2) is 24.3 Å². The molecule has 5 nitrogen and oxygen atoms in total. The van der Waals surface area contributed by atoms with Crippen molar-refractivity contribution in [2.24, 2.45) is 0 Å². The quantitative estimate of drug-likeness (QED) is 0.792. The van der Waals surface area contributed by atoms with Crippen LogP contribution in [0.25, 0.3) is 0 Å². The first-order valence-corrected chi connectivity index (χ1v) is 7.39. The van der Waals surface area contributed by atoms with Crippen molar-refractivity contribution in [3.05, 3.63) is 29.8 Å². The third-order valence-corrected chi connectivity index (χ3v) is 3.70. The Bertz CT molecular complexity index is 511. The number of hydrogen-bond acceptors (Lipinski definition) is 3. The lowest BCUT2D eigenvalue weighted by molar-refractivity contribution is -0.136. The molecule has 0 saturated heterocycles. The molecule has 0 amide bonds. The van der Waals surface area contributed by atoms with Crippen molar-refractivity contribution < 1.29 is 18.3 Å². The Kier molecular flexibility index (Phi) is 5.15. The van der Waals surface area contributed by atoms with Crippen molar-refractivity contribution in [2.45, 2.75) is 26.2 Å². The van der Waals surface area contributed by atoms with Gasteiger partial charge in [0.25, 0.3) is 0 Å². The first kappa shape index (κ1) is 14.5.